The average molecular weight is 384 g/mol. The second-order valence-corrected chi connectivity index (χ2v) is 6.90. The Bertz CT molecular complexity index is 1000. The highest BCUT2D eigenvalue weighted by Gasteiger charge is 2.26. The molecule has 28 heavy (non-hydrogen) atoms. The van der Waals surface area contributed by atoms with E-state index in [1.54, 1.807) is 4.90 Å². The van der Waals surface area contributed by atoms with Crippen molar-refractivity contribution in [3.63, 3.8) is 0 Å². The van der Waals surface area contributed by atoms with Crippen molar-refractivity contribution in [2.24, 2.45) is 0 Å². The maximum Gasteiger partial charge on any atom is 0.409 e. The van der Waals surface area contributed by atoms with E-state index in [2.05, 4.69) is 15.2 Å². The fourth-order valence-electron chi connectivity index (χ4n) is 3.50. The highest BCUT2D eigenvalue weighted by atomic mass is 16.5. The molecule has 0 saturated carbocycles. The minimum absolute atomic E-state index is 0.277. The minimum Gasteiger partial charge on any atom is -0.453 e. The third-order valence-corrected chi connectivity index (χ3v) is 5.22. The molecule has 0 spiro atoms. The first kappa shape index (κ1) is 17.0. The van der Waals surface area contributed by atoms with Crippen molar-refractivity contribution in [2.75, 3.05) is 51.4 Å². The molecule has 2 aromatic heterocycles. The Morgan fingerprint density at radius 3 is 2.75 bits per heavy atom. The van der Waals surface area contributed by atoms with E-state index >= 15 is 0 Å². The van der Waals surface area contributed by atoms with E-state index in [1.807, 2.05) is 34.0 Å². The molecule has 0 unspecified atom stereocenters. The van der Waals surface area contributed by atoms with Gasteiger partial charge in [0.2, 0.25) is 5.82 Å². The molecule has 0 atom stereocenters. The lowest BCUT2D eigenvalue weighted by molar-refractivity contribution is -0.0266. The molecule has 3 aromatic rings. The summed E-state index contributed by atoms with van der Waals surface area (Å²) in [6.07, 6.45) is 1.55. The van der Waals surface area contributed by atoms with E-state index in [0.717, 1.165) is 16.5 Å². The van der Waals surface area contributed by atoms with E-state index in [-0.39, 0.29) is 12.1 Å². The predicted molar refractivity (Wildman–Crippen MR) is 99.1 cm³/mol. The van der Waals surface area contributed by atoms with Crippen LogP contribution in [0.2, 0.25) is 0 Å². The van der Waals surface area contributed by atoms with E-state index in [0.29, 0.717) is 51.2 Å². The molecule has 2 aliphatic rings. The second-order valence-electron chi connectivity index (χ2n) is 6.90. The first-order valence-electron chi connectivity index (χ1n) is 9.20. The zero-order chi connectivity index (χ0) is 19.1. The lowest BCUT2D eigenvalue weighted by Crippen LogP contribution is -2.48. The van der Waals surface area contributed by atoms with Gasteiger partial charge in [-0.05, 0) is 6.07 Å². The molecular weight excluding hydrogens is 364 g/mol. The molecule has 2 saturated heterocycles. The quantitative estimate of drug-likeness (QED) is 0.671. The number of rotatable bonds is 3. The molecular formula is C18H20N6O4. The number of piperazine rings is 1. The molecule has 5 rings (SSSR count). The largest absolute Gasteiger partial charge is 0.453 e. The van der Waals surface area contributed by atoms with Crippen LogP contribution in [0.25, 0.3) is 22.3 Å². The summed E-state index contributed by atoms with van der Waals surface area (Å²) in [6.45, 7) is 3.71. The van der Waals surface area contributed by atoms with Crippen LogP contribution in [-0.2, 0) is 9.47 Å². The standard InChI is InChI=1S/C18H20N6O4/c1-26-18(25)23-6-4-22(5-7-23)17-20-16(21-28-17)12-2-3-13-9-19-24(15(13)8-12)14-10-27-11-14/h2-3,8-9,14H,4-7,10-11H2,1H3. The van der Waals surface area contributed by atoms with E-state index < -0.39 is 0 Å². The second kappa shape index (κ2) is 6.79. The Morgan fingerprint density at radius 2 is 2.04 bits per heavy atom. The monoisotopic (exact) mass is 384 g/mol. The summed E-state index contributed by atoms with van der Waals surface area (Å²) in [7, 11) is 1.39. The maximum absolute atomic E-state index is 11.6. The van der Waals surface area contributed by atoms with Gasteiger partial charge in [0, 0.05) is 37.1 Å². The minimum atomic E-state index is -0.312. The number of anilines is 1. The number of ether oxygens (including phenoxy) is 2. The van der Waals surface area contributed by atoms with Crippen LogP contribution in [0.1, 0.15) is 6.04 Å². The average Bonchev–Trinajstić information content (AvgIpc) is 3.34. The van der Waals surface area contributed by atoms with Crippen molar-refractivity contribution in [3.8, 4) is 11.4 Å². The third-order valence-electron chi connectivity index (χ3n) is 5.22. The zero-order valence-corrected chi connectivity index (χ0v) is 15.4. The van der Waals surface area contributed by atoms with E-state index in [1.165, 1.54) is 7.11 Å². The summed E-state index contributed by atoms with van der Waals surface area (Å²) in [5.41, 5.74) is 1.90. The van der Waals surface area contributed by atoms with Gasteiger partial charge < -0.3 is 23.8 Å². The summed E-state index contributed by atoms with van der Waals surface area (Å²) in [6, 6.07) is 6.75. The lowest BCUT2D eigenvalue weighted by atomic mass is 10.1. The van der Waals surface area contributed by atoms with Gasteiger partial charge in [0.05, 0.1) is 38.1 Å². The van der Waals surface area contributed by atoms with Gasteiger partial charge in [0.25, 0.3) is 0 Å². The topological polar surface area (TPSA) is 98.8 Å². The number of amides is 1. The Balaban J connectivity index is 1.35. The fraction of sp³-hybridized carbons (Fsp3) is 0.444. The van der Waals surface area contributed by atoms with Crippen molar-refractivity contribution in [1.82, 2.24) is 24.8 Å². The molecule has 1 amide bonds. The van der Waals surface area contributed by atoms with Crippen LogP contribution in [0.3, 0.4) is 0 Å². The summed E-state index contributed by atoms with van der Waals surface area (Å²) in [5.74, 6) is 0.532. The summed E-state index contributed by atoms with van der Waals surface area (Å²) < 4.78 is 17.5. The van der Waals surface area contributed by atoms with Crippen molar-refractivity contribution in [1.29, 1.82) is 0 Å². The number of carbonyl (C=O) groups is 1. The van der Waals surface area contributed by atoms with Gasteiger partial charge in [0.15, 0.2) is 0 Å². The summed E-state index contributed by atoms with van der Waals surface area (Å²) >= 11 is 0. The Kier molecular flexibility index (Phi) is 4.12. The first-order chi connectivity index (χ1) is 13.7. The predicted octanol–water partition coefficient (Wildman–Crippen LogP) is 1.55. The molecule has 2 fully saturated rings. The van der Waals surface area contributed by atoms with Crippen LogP contribution < -0.4 is 4.90 Å². The molecule has 0 radical (unpaired) electrons. The van der Waals surface area contributed by atoms with Crippen LogP contribution in [0.4, 0.5) is 10.8 Å². The van der Waals surface area contributed by atoms with Crippen molar-refractivity contribution >= 4 is 23.0 Å². The molecule has 10 nitrogen and oxygen atoms in total. The molecule has 0 bridgehead atoms. The van der Waals surface area contributed by atoms with Gasteiger partial charge in [-0.15, -0.1) is 0 Å². The van der Waals surface area contributed by atoms with Crippen LogP contribution in [-0.4, -0.2) is 77.4 Å². The first-order valence-corrected chi connectivity index (χ1v) is 9.20. The highest BCUT2D eigenvalue weighted by Crippen LogP contribution is 2.28. The maximum atomic E-state index is 11.6. The molecule has 1 aromatic carbocycles. The molecule has 0 aliphatic carbocycles. The number of fused-ring (bicyclic) bond motifs is 1. The number of carbonyl (C=O) groups excluding carboxylic acids is 1. The van der Waals surface area contributed by atoms with Gasteiger partial charge in [-0.25, -0.2) is 4.79 Å². The molecule has 4 heterocycles. The molecule has 0 N–H and O–H groups in total. The smallest absolute Gasteiger partial charge is 0.409 e. The molecule has 10 heteroatoms. The number of hydrogen-bond acceptors (Lipinski definition) is 8. The van der Waals surface area contributed by atoms with Gasteiger partial charge in [-0.2, -0.15) is 10.1 Å². The highest BCUT2D eigenvalue weighted by molar-refractivity contribution is 5.83. The van der Waals surface area contributed by atoms with Gasteiger partial charge in [0.1, 0.15) is 0 Å². The van der Waals surface area contributed by atoms with Gasteiger partial charge in [-0.1, -0.05) is 17.3 Å². The van der Waals surface area contributed by atoms with E-state index in [9.17, 15) is 4.79 Å². The third kappa shape index (κ3) is 2.85. The Hall–Kier alpha value is -3.14. The van der Waals surface area contributed by atoms with Crippen LogP contribution >= 0.6 is 0 Å². The van der Waals surface area contributed by atoms with Gasteiger partial charge >= 0.3 is 12.1 Å². The van der Waals surface area contributed by atoms with Crippen molar-refractivity contribution in [3.05, 3.63) is 24.4 Å². The van der Waals surface area contributed by atoms with Crippen LogP contribution in [0.15, 0.2) is 28.9 Å². The Morgan fingerprint density at radius 1 is 1.21 bits per heavy atom. The van der Waals surface area contributed by atoms with E-state index in [4.69, 9.17) is 14.0 Å². The number of benzene rings is 1. The van der Waals surface area contributed by atoms with Gasteiger partial charge in [-0.3, -0.25) is 4.68 Å². The molecule has 2 aliphatic heterocycles. The Labute approximate surface area is 160 Å². The summed E-state index contributed by atoms with van der Waals surface area (Å²) in [4.78, 5) is 19.8. The van der Waals surface area contributed by atoms with Crippen molar-refractivity contribution < 1.29 is 18.8 Å². The number of methoxy groups -OCH3 is 1. The normalized spacial score (nSPS) is 17.8. The number of nitrogens with zero attached hydrogens (tertiary/aromatic N) is 6. The fourth-order valence-corrected chi connectivity index (χ4v) is 3.50. The number of hydrogen-bond donors (Lipinski definition) is 0. The lowest BCUT2D eigenvalue weighted by Gasteiger charge is -2.32. The molecule has 146 valence electrons. The van der Waals surface area contributed by atoms with Crippen molar-refractivity contribution in [2.45, 2.75) is 6.04 Å². The van der Waals surface area contributed by atoms with Crippen LogP contribution in [0.5, 0.6) is 0 Å². The SMILES string of the molecule is COC(=O)N1CCN(c2nc(-c3ccc4cnn(C5COC5)c4c3)no2)CC1. The number of aromatic nitrogens is 4. The van der Waals surface area contributed by atoms with Crippen LogP contribution in [0, 0.1) is 0 Å². The summed E-state index contributed by atoms with van der Waals surface area (Å²) in [5, 5.41) is 9.69. The zero-order valence-electron chi connectivity index (χ0n) is 15.4.